The SMILES string of the molecule is CCOC[C@]1(N)[C@H](c2cccc(Cl)c2)[C@H]1S(=O)(=O)c1ccccc1. The van der Waals surface area contributed by atoms with Gasteiger partial charge >= 0.3 is 0 Å². The van der Waals surface area contributed by atoms with Gasteiger partial charge in [-0.15, -0.1) is 0 Å². The Morgan fingerprint density at radius 3 is 2.50 bits per heavy atom. The van der Waals surface area contributed by atoms with E-state index in [1.807, 2.05) is 19.1 Å². The molecule has 1 fully saturated rings. The molecule has 3 rings (SSSR count). The number of rotatable bonds is 6. The van der Waals surface area contributed by atoms with Gasteiger partial charge in [0, 0.05) is 17.5 Å². The van der Waals surface area contributed by atoms with Crippen molar-refractivity contribution in [1.29, 1.82) is 0 Å². The highest BCUT2D eigenvalue weighted by atomic mass is 35.5. The van der Waals surface area contributed by atoms with Crippen molar-refractivity contribution in [3.05, 3.63) is 65.2 Å². The Morgan fingerprint density at radius 1 is 1.17 bits per heavy atom. The molecule has 128 valence electrons. The normalized spacial score (nSPS) is 26.3. The first-order valence-electron chi connectivity index (χ1n) is 7.82. The third kappa shape index (κ3) is 2.97. The number of benzene rings is 2. The van der Waals surface area contributed by atoms with Crippen LogP contribution in [0, 0.1) is 0 Å². The number of hydrogen-bond donors (Lipinski definition) is 1. The minimum Gasteiger partial charge on any atom is -0.380 e. The van der Waals surface area contributed by atoms with E-state index in [1.165, 1.54) is 0 Å². The van der Waals surface area contributed by atoms with Crippen LogP contribution in [0.4, 0.5) is 0 Å². The molecule has 3 atom stereocenters. The van der Waals surface area contributed by atoms with Crippen LogP contribution in [0.1, 0.15) is 18.4 Å². The van der Waals surface area contributed by atoms with Gasteiger partial charge < -0.3 is 10.5 Å². The zero-order chi connectivity index (χ0) is 17.4. The minimum absolute atomic E-state index is 0.192. The Kier molecular flexibility index (Phi) is 4.71. The van der Waals surface area contributed by atoms with Crippen molar-refractivity contribution in [1.82, 2.24) is 0 Å². The average Bonchev–Trinajstić information content (AvgIpc) is 3.21. The van der Waals surface area contributed by atoms with Crippen LogP contribution in [0.25, 0.3) is 0 Å². The van der Waals surface area contributed by atoms with Crippen molar-refractivity contribution < 1.29 is 13.2 Å². The molecule has 0 radical (unpaired) electrons. The quantitative estimate of drug-likeness (QED) is 0.854. The fraction of sp³-hybridized carbons (Fsp3) is 0.333. The van der Waals surface area contributed by atoms with E-state index in [9.17, 15) is 8.42 Å². The standard InChI is InChI=1S/C18H20ClNO3S/c1-2-23-12-18(20)16(13-7-6-8-14(19)11-13)17(18)24(21,22)15-9-4-3-5-10-15/h3-11,16-17H,2,12,20H2,1H3/t16-,17-,18+/m1/s1. The third-order valence-electron chi connectivity index (χ3n) is 4.47. The molecule has 1 aliphatic carbocycles. The molecule has 2 aromatic rings. The second-order valence-electron chi connectivity index (χ2n) is 6.06. The lowest BCUT2D eigenvalue weighted by Crippen LogP contribution is -2.36. The number of halogens is 1. The molecule has 6 heteroatoms. The zero-order valence-corrected chi connectivity index (χ0v) is 14.9. The van der Waals surface area contributed by atoms with E-state index in [4.69, 9.17) is 22.1 Å². The van der Waals surface area contributed by atoms with Crippen molar-refractivity contribution in [2.75, 3.05) is 13.2 Å². The fourth-order valence-electron chi connectivity index (χ4n) is 3.28. The molecule has 24 heavy (non-hydrogen) atoms. The summed E-state index contributed by atoms with van der Waals surface area (Å²) in [6.45, 7) is 2.54. The van der Waals surface area contributed by atoms with Crippen LogP contribution in [-0.4, -0.2) is 32.4 Å². The third-order valence-corrected chi connectivity index (χ3v) is 7.02. The largest absolute Gasteiger partial charge is 0.380 e. The van der Waals surface area contributed by atoms with Crippen molar-refractivity contribution in [2.45, 2.75) is 28.5 Å². The molecule has 0 heterocycles. The lowest BCUT2D eigenvalue weighted by atomic mass is 10.1. The summed E-state index contributed by atoms with van der Waals surface area (Å²) in [4.78, 5) is 0.283. The van der Waals surface area contributed by atoms with Crippen LogP contribution >= 0.6 is 11.6 Å². The highest BCUT2D eigenvalue weighted by molar-refractivity contribution is 7.92. The van der Waals surface area contributed by atoms with Gasteiger partial charge in [-0.3, -0.25) is 0 Å². The monoisotopic (exact) mass is 365 g/mol. The lowest BCUT2D eigenvalue weighted by molar-refractivity contribution is 0.125. The predicted octanol–water partition coefficient (Wildman–Crippen LogP) is 3.01. The molecule has 2 aromatic carbocycles. The van der Waals surface area contributed by atoms with Gasteiger partial charge in [0.25, 0.3) is 0 Å². The van der Waals surface area contributed by atoms with Gasteiger partial charge in [-0.05, 0) is 36.8 Å². The summed E-state index contributed by atoms with van der Waals surface area (Å²) in [5.74, 6) is -0.340. The summed E-state index contributed by atoms with van der Waals surface area (Å²) >= 11 is 6.07. The van der Waals surface area contributed by atoms with E-state index in [0.717, 1.165) is 5.56 Å². The first-order valence-corrected chi connectivity index (χ1v) is 9.74. The summed E-state index contributed by atoms with van der Waals surface area (Å²) in [7, 11) is -3.56. The Morgan fingerprint density at radius 2 is 1.88 bits per heavy atom. The summed E-state index contributed by atoms with van der Waals surface area (Å²) < 4.78 is 31.6. The number of sulfone groups is 1. The maximum Gasteiger partial charge on any atom is 0.183 e. The molecule has 4 nitrogen and oxygen atoms in total. The van der Waals surface area contributed by atoms with E-state index in [-0.39, 0.29) is 17.4 Å². The maximum absolute atomic E-state index is 13.1. The van der Waals surface area contributed by atoms with Crippen LogP contribution in [-0.2, 0) is 14.6 Å². The van der Waals surface area contributed by atoms with E-state index < -0.39 is 20.6 Å². The zero-order valence-electron chi connectivity index (χ0n) is 13.4. The van der Waals surface area contributed by atoms with Gasteiger partial charge in [0.15, 0.2) is 9.84 Å². The van der Waals surface area contributed by atoms with E-state index in [0.29, 0.717) is 11.6 Å². The molecular formula is C18H20ClNO3S. The summed E-state index contributed by atoms with van der Waals surface area (Å²) in [6, 6.07) is 15.6. The average molecular weight is 366 g/mol. The van der Waals surface area contributed by atoms with Crippen molar-refractivity contribution in [3.63, 3.8) is 0 Å². The van der Waals surface area contributed by atoms with Crippen molar-refractivity contribution in [3.8, 4) is 0 Å². The summed E-state index contributed by atoms with van der Waals surface area (Å²) in [5, 5.41) is -0.161. The lowest BCUT2D eigenvalue weighted by Gasteiger charge is -2.12. The second kappa shape index (κ2) is 6.48. The van der Waals surface area contributed by atoms with Gasteiger partial charge in [-0.2, -0.15) is 0 Å². The number of nitrogens with two attached hydrogens (primary N) is 1. The first-order chi connectivity index (χ1) is 11.4. The van der Waals surface area contributed by atoms with Gasteiger partial charge in [0.1, 0.15) is 0 Å². The molecule has 2 N–H and O–H groups in total. The van der Waals surface area contributed by atoms with Gasteiger partial charge in [-0.25, -0.2) is 8.42 Å². The van der Waals surface area contributed by atoms with Gasteiger partial charge in [0.2, 0.25) is 0 Å². The molecule has 0 aromatic heterocycles. The van der Waals surface area contributed by atoms with Gasteiger partial charge in [0.05, 0.1) is 22.3 Å². The summed E-state index contributed by atoms with van der Waals surface area (Å²) in [5.41, 5.74) is 6.36. The Labute approximate surface area is 147 Å². The Bertz CT molecular complexity index is 825. The van der Waals surface area contributed by atoms with Crippen LogP contribution in [0.15, 0.2) is 59.5 Å². The second-order valence-corrected chi connectivity index (χ2v) is 8.57. The molecule has 0 unspecified atom stereocenters. The van der Waals surface area contributed by atoms with E-state index in [1.54, 1.807) is 42.5 Å². The molecule has 1 aliphatic rings. The fourth-order valence-corrected chi connectivity index (χ4v) is 5.79. The predicted molar refractivity (Wildman–Crippen MR) is 95.0 cm³/mol. The molecule has 0 amide bonds. The molecule has 0 saturated heterocycles. The molecule has 0 spiro atoms. The Hall–Kier alpha value is -1.40. The maximum atomic E-state index is 13.1. The van der Waals surface area contributed by atoms with Gasteiger partial charge in [-0.1, -0.05) is 41.9 Å². The van der Waals surface area contributed by atoms with Crippen LogP contribution in [0.5, 0.6) is 0 Å². The molecule has 0 aliphatic heterocycles. The highest BCUT2D eigenvalue weighted by Gasteiger charge is 2.69. The van der Waals surface area contributed by atoms with Crippen LogP contribution in [0.2, 0.25) is 5.02 Å². The van der Waals surface area contributed by atoms with Crippen LogP contribution in [0.3, 0.4) is 0 Å². The molecular weight excluding hydrogens is 346 g/mol. The van der Waals surface area contributed by atoms with Crippen molar-refractivity contribution in [2.24, 2.45) is 5.73 Å². The minimum atomic E-state index is -3.56. The smallest absolute Gasteiger partial charge is 0.183 e. The summed E-state index contributed by atoms with van der Waals surface area (Å²) in [6.07, 6.45) is 0. The number of hydrogen-bond acceptors (Lipinski definition) is 4. The molecule has 0 bridgehead atoms. The van der Waals surface area contributed by atoms with E-state index >= 15 is 0 Å². The van der Waals surface area contributed by atoms with Crippen LogP contribution < -0.4 is 5.73 Å². The highest BCUT2D eigenvalue weighted by Crippen LogP contribution is 2.56. The number of ether oxygens (including phenoxy) is 1. The van der Waals surface area contributed by atoms with Crippen molar-refractivity contribution >= 4 is 21.4 Å². The topological polar surface area (TPSA) is 69.4 Å². The first kappa shape index (κ1) is 17.4. The Balaban J connectivity index is 2.01. The van der Waals surface area contributed by atoms with E-state index in [2.05, 4.69) is 0 Å². The molecule has 1 saturated carbocycles.